The van der Waals surface area contributed by atoms with Crippen molar-refractivity contribution in [1.82, 2.24) is 0 Å². The van der Waals surface area contributed by atoms with Gasteiger partial charge in [0.1, 0.15) is 26.2 Å². The highest BCUT2D eigenvalue weighted by Crippen LogP contribution is 2.10. The highest BCUT2D eigenvalue weighted by Gasteiger charge is 2.18. The molecule has 0 aliphatic heterocycles. The maximum Gasteiger partial charge on any atom is 0.104 e. The molecule has 0 atom stereocenters. The van der Waals surface area contributed by atoms with Gasteiger partial charge >= 0.3 is 0 Å². The van der Waals surface area contributed by atoms with Gasteiger partial charge < -0.3 is 13.7 Å². The Bertz CT molecular complexity index is 553. The number of likely N-dealkylation sites (N-methyl/N-ethyl adjacent to an activating group) is 2. The summed E-state index contributed by atoms with van der Waals surface area (Å²) in [4.78, 5) is 0. The van der Waals surface area contributed by atoms with Crippen molar-refractivity contribution in [2.45, 2.75) is 13.1 Å². The van der Waals surface area contributed by atoms with Crippen LogP contribution in [-0.2, 0) is 17.8 Å². The molecule has 0 aliphatic carbocycles. The van der Waals surface area contributed by atoms with Crippen molar-refractivity contribution >= 4 is 0 Å². The molecular weight excluding hydrogens is 308 g/mol. The molecular formula is C22H34N2O+2. The van der Waals surface area contributed by atoms with Gasteiger partial charge in [-0.25, -0.2) is 0 Å². The molecule has 0 N–H and O–H groups in total. The number of quaternary nitrogens is 2. The van der Waals surface area contributed by atoms with Gasteiger partial charge in [0.2, 0.25) is 0 Å². The standard InChI is InChI=1S/C22H34N2O/c1-23(2,19-21-11-7-5-8-12-21)15-17-25-18-16-24(3,4)20-22-13-9-6-10-14-22/h5-14H,15-20H2,1-4H3/q+2. The summed E-state index contributed by atoms with van der Waals surface area (Å²) in [7, 11) is 9.08. The van der Waals surface area contributed by atoms with Gasteiger partial charge in [0.15, 0.2) is 0 Å². The van der Waals surface area contributed by atoms with Gasteiger partial charge in [0, 0.05) is 11.1 Å². The Labute approximate surface area is 153 Å². The molecule has 0 radical (unpaired) electrons. The second-order valence-corrected chi connectivity index (χ2v) is 8.22. The Kier molecular flexibility index (Phi) is 7.18. The number of hydrogen-bond donors (Lipinski definition) is 0. The van der Waals surface area contributed by atoms with Crippen molar-refractivity contribution in [2.24, 2.45) is 0 Å². The van der Waals surface area contributed by atoms with E-state index in [1.54, 1.807) is 0 Å². The molecule has 2 aromatic carbocycles. The fourth-order valence-electron chi connectivity index (χ4n) is 3.04. The molecule has 2 aromatic rings. The Morgan fingerprint density at radius 3 is 1.32 bits per heavy atom. The van der Waals surface area contributed by atoms with Crippen LogP contribution in [0.2, 0.25) is 0 Å². The lowest BCUT2D eigenvalue weighted by Crippen LogP contribution is -2.43. The van der Waals surface area contributed by atoms with Gasteiger partial charge in [-0.1, -0.05) is 60.7 Å². The third kappa shape index (κ3) is 7.82. The van der Waals surface area contributed by atoms with Crippen LogP contribution in [0.3, 0.4) is 0 Å². The first kappa shape index (κ1) is 19.6. The zero-order valence-electron chi connectivity index (χ0n) is 16.3. The summed E-state index contributed by atoms with van der Waals surface area (Å²) >= 11 is 0. The Morgan fingerprint density at radius 2 is 0.960 bits per heavy atom. The smallest absolute Gasteiger partial charge is 0.104 e. The van der Waals surface area contributed by atoms with E-state index in [-0.39, 0.29) is 0 Å². The van der Waals surface area contributed by atoms with Crippen molar-refractivity contribution in [3.63, 3.8) is 0 Å². The summed E-state index contributed by atoms with van der Waals surface area (Å²) in [6, 6.07) is 21.4. The number of nitrogens with zero attached hydrogens (tertiary/aromatic N) is 2. The third-order valence-electron chi connectivity index (χ3n) is 4.59. The molecule has 2 rings (SSSR count). The zero-order chi connectivity index (χ0) is 18.2. The minimum atomic E-state index is 0.811. The average molecular weight is 343 g/mol. The monoisotopic (exact) mass is 342 g/mol. The first-order chi connectivity index (χ1) is 11.9. The molecule has 3 heteroatoms. The lowest BCUT2D eigenvalue weighted by molar-refractivity contribution is -0.907. The minimum Gasteiger partial charge on any atom is -0.370 e. The molecule has 136 valence electrons. The van der Waals surface area contributed by atoms with E-state index in [0.717, 1.165) is 48.4 Å². The predicted molar refractivity (Wildman–Crippen MR) is 105 cm³/mol. The molecule has 0 amide bonds. The lowest BCUT2D eigenvalue weighted by atomic mass is 10.2. The van der Waals surface area contributed by atoms with Crippen LogP contribution in [-0.4, -0.2) is 63.5 Å². The number of benzene rings is 2. The topological polar surface area (TPSA) is 9.23 Å². The summed E-state index contributed by atoms with van der Waals surface area (Å²) in [5, 5.41) is 0. The second-order valence-electron chi connectivity index (χ2n) is 8.22. The van der Waals surface area contributed by atoms with Gasteiger partial charge in [-0.05, 0) is 0 Å². The quantitative estimate of drug-likeness (QED) is 0.474. The molecule has 0 spiro atoms. The molecule has 0 aromatic heterocycles. The molecule has 0 bridgehead atoms. The first-order valence-corrected chi connectivity index (χ1v) is 9.16. The molecule has 0 heterocycles. The van der Waals surface area contributed by atoms with E-state index >= 15 is 0 Å². The van der Waals surface area contributed by atoms with Crippen LogP contribution < -0.4 is 0 Å². The van der Waals surface area contributed by atoms with Crippen LogP contribution in [0, 0.1) is 0 Å². The minimum absolute atomic E-state index is 0.811. The van der Waals surface area contributed by atoms with Gasteiger partial charge in [-0.15, -0.1) is 0 Å². The molecule has 3 nitrogen and oxygen atoms in total. The van der Waals surface area contributed by atoms with E-state index in [1.807, 2.05) is 0 Å². The van der Waals surface area contributed by atoms with E-state index in [1.165, 1.54) is 11.1 Å². The molecule has 0 unspecified atom stereocenters. The number of ether oxygens (including phenoxy) is 1. The van der Waals surface area contributed by atoms with Crippen molar-refractivity contribution < 1.29 is 13.7 Å². The second kappa shape index (κ2) is 9.14. The van der Waals surface area contributed by atoms with Crippen molar-refractivity contribution in [2.75, 3.05) is 54.5 Å². The van der Waals surface area contributed by atoms with E-state index in [0.29, 0.717) is 0 Å². The van der Waals surface area contributed by atoms with Crippen molar-refractivity contribution in [1.29, 1.82) is 0 Å². The summed E-state index contributed by atoms with van der Waals surface area (Å²) in [5.41, 5.74) is 2.77. The maximum atomic E-state index is 5.95. The van der Waals surface area contributed by atoms with Crippen molar-refractivity contribution in [3.05, 3.63) is 71.8 Å². The van der Waals surface area contributed by atoms with Gasteiger partial charge in [0.25, 0.3) is 0 Å². The third-order valence-corrected chi connectivity index (χ3v) is 4.59. The van der Waals surface area contributed by atoms with Gasteiger partial charge in [-0.2, -0.15) is 0 Å². The molecule has 0 saturated heterocycles. The average Bonchev–Trinajstić information content (AvgIpc) is 2.55. The molecule has 25 heavy (non-hydrogen) atoms. The molecule has 0 aliphatic rings. The predicted octanol–water partition coefficient (Wildman–Crippen LogP) is 3.56. The highest BCUT2D eigenvalue weighted by atomic mass is 16.5. The Morgan fingerprint density at radius 1 is 0.600 bits per heavy atom. The van der Waals surface area contributed by atoms with Gasteiger partial charge in [0.05, 0.1) is 41.4 Å². The Hall–Kier alpha value is -1.68. The largest absolute Gasteiger partial charge is 0.370 e. The van der Waals surface area contributed by atoms with Crippen LogP contribution >= 0.6 is 0 Å². The fourth-order valence-corrected chi connectivity index (χ4v) is 3.04. The molecule has 0 fully saturated rings. The van der Waals surface area contributed by atoms with Crippen LogP contribution in [0.5, 0.6) is 0 Å². The van der Waals surface area contributed by atoms with Crippen LogP contribution in [0.25, 0.3) is 0 Å². The van der Waals surface area contributed by atoms with E-state index in [2.05, 4.69) is 88.9 Å². The fraction of sp³-hybridized carbons (Fsp3) is 0.455. The van der Waals surface area contributed by atoms with Crippen LogP contribution in [0.15, 0.2) is 60.7 Å². The normalized spacial score (nSPS) is 12.3. The van der Waals surface area contributed by atoms with E-state index in [9.17, 15) is 0 Å². The highest BCUT2D eigenvalue weighted by molar-refractivity contribution is 5.14. The zero-order valence-corrected chi connectivity index (χ0v) is 16.3. The van der Waals surface area contributed by atoms with Crippen LogP contribution in [0.4, 0.5) is 0 Å². The summed E-state index contributed by atoms with van der Waals surface area (Å²) in [6.07, 6.45) is 0. The van der Waals surface area contributed by atoms with Gasteiger partial charge in [-0.3, -0.25) is 0 Å². The maximum absolute atomic E-state index is 5.95. The summed E-state index contributed by atoms with van der Waals surface area (Å²) in [6.45, 7) is 5.76. The molecule has 0 saturated carbocycles. The summed E-state index contributed by atoms with van der Waals surface area (Å²) < 4.78 is 7.85. The lowest BCUT2D eigenvalue weighted by Gasteiger charge is -2.31. The Balaban J connectivity index is 1.66. The SMILES string of the molecule is C[N+](C)(CCOCC[N+](C)(C)Cc1ccccc1)Cc1ccccc1. The van der Waals surface area contributed by atoms with Crippen LogP contribution in [0.1, 0.15) is 11.1 Å². The van der Waals surface area contributed by atoms with Crippen molar-refractivity contribution in [3.8, 4) is 0 Å². The first-order valence-electron chi connectivity index (χ1n) is 9.16. The van der Waals surface area contributed by atoms with E-state index in [4.69, 9.17) is 4.74 Å². The number of rotatable bonds is 10. The van der Waals surface area contributed by atoms with E-state index < -0.39 is 0 Å². The number of hydrogen-bond acceptors (Lipinski definition) is 1. The summed E-state index contributed by atoms with van der Waals surface area (Å²) in [5.74, 6) is 0.